The van der Waals surface area contributed by atoms with Crippen molar-refractivity contribution in [1.29, 1.82) is 0 Å². The molecular weight excluding hydrogens is 727 g/mol. The zero-order valence-electron chi connectivity index (χ0n) is 32.5. The molecule has 0 N–H and O–H groups in total. The minimum absolute atomic E-state index is 0.622. The van der Waals surface area contributed by atoms with Gasteiger partial charge in [0.1, 0.15) is 0 Å². The largest absolute Gasteiger partial charge is 0.208 e. The second kappa shape index (κ2) is 13.8. The Labute approximate surface area is 346 Å². The maximum Gasteiger partial charge on any atom is 0.164 e. The molecule has 1 heterocycles. The predicted molar refractivity (Wildman–Crippen MR) is 252 cm³/mol. The van der Waals surface area contributed by atoms with E-state index in [-0.39, 0.29) is 0 Å². The molecule has 0 aliphatic heterocycles. The highest BCUT2D eigenvalue weighted by Crippen LogP contribution is 2.44. The van der Waals surface area contributed by atoms with Crippen LogP contribution in [0.3, 0.4) is 0 Å². The third kappa shape index (κ3) is 5.71. The topological polar surface area (TPSA) is 38.7 Å². The summed E-state index contributed by atoms with van der Waals surface area (Å²) in [6.07, 6.45) is 0. The van der Waals surface area contributed by atoms with E-state index in [9.17, 15) is 0 Å². The fourth-order valence-electron chi connectivity index (χ4n) is 9.14. The van der Waals surface area contributed by atoms with E-state index in [0.717, 1.165) is 49.7 Å². The van der Waals surface area contributed by atoms with E-state index in [1.54, 1.807) is 0 Å². The minimum Gasteiger partial charge on any atom is -0.208 e. The van der Waals surface area contributed by atoms with Gasteiger partial charge in [-0.2, -0.15) is 0 Å². The average molecular weight is 762 g/mol. The molecule has 0 fully saturated rings. The quantitative estimate of drug-likeness (QED) is 0.164. The molecule has 3 heteroatoms. The molecule has 0 saturated heterocycles. The van der Waals surface area contributed by atoms with Crippen molar-refractivity contribution >= 4 is 64.6 Å². The summed E-state index contributed by atoms with van der Waals surface area (Å²) in [5.74, 6) is 1.89. The lowest BCUT2D eigenvalue weighted by atomic mass is 9.86. The Balaban J connectivity index is 1.14. The van der Waals surface area contributed by atoms with Gasteiger partial charge in [-0.1, -0.05) is 176 Å². The van der Waals surface area contributed by atoms with Crippen molar-refractivity contribution < 1.29 is 0 Å². The van der Waals surface area contributed by atoms with Crippen molar-refractivity contribution in [3.8, 4) is 56.4 Å². The molecule has 0 unspecified atom stereocenters. The molecular formula is C57H35N3. The zero-order chi connectivity index (χ0) is 39.6. The summed E-state index contributed by atoms with van der Waals surface area (Å²) < 4.78 is 0. The molecule has 0 amide bonds. The molecule has 0 atom stereocenters. The van der Waals surface area contributed by atoms with Gasteiger partial charge in [0.2, 0.25) is 0 Å². The van der Waals surface area contributed by atoms with Gasteiger partial charge in [-0.15, -0.1) is 0 Å². The van der Waals surface area contributed by atoms with Crippen LogP contribution in [0.15, 0.2) is 212 Å². The van der Waals surface area contributed by atoms with E-state index in [0.29, 0.717) is 17.5 Å². The van der Waals surface area contributed by atoms with E-state index in [1.807, 2.05) is 0 Å². The van der Waals surface area contributed by atoms with Gasteiger partial charge in [0.05, 0.1) is 0 Å². The fourth-order valence-corrected chi connectivity index (χ4v) is 9.14. The Morgan fingerprint density at radius 1 is 0.217 bits per heavy atom. The predicted octanol–water partition coefficient (Wildman–Crippen LogP) is 15.1. The van der Waals surface area contributed by atoms with Gasteiger partial charge in [-0.25, -0.2) is 15.0 Å². The third-order valence-corrected chi connectivity index (χ3v) is 12.0. The van der Waals surface area contributed by atoms with Crippen molar-refractivity contribution in [3.05, 3.63) is 212 Å². The fraction of sp³-hybridized carbons (Fsp3) is 0. The van der Waals surface area contributed by atoms with Crippen LogP contribution < -0.4 is 0 Å². The van der Waals surface area contributed by atoms with Gasteiger partial charge >= 0.3 is 0 Å². The minimum atomic E-state index is 0.622. The van der Waals surface area contributed by atoms with Crippen LogP contribution in [-0.2, 0) is 0 Å². The highest BCUT2D eigenvalue weighted by Gasteiger charge is 2.19. The molecule has 12 aromatic rings. The summed E-state index contributed by atoms with van der Waals surface area (Å²) in [7, 11) is 0. The van der Waals surface area contributed by atoms with Crippen molar-refractivity contribution in [2.45, 2.75) is 0 Å². The lowest BCUT2D eigenvalue weighted by Gasteiger charge is -2.17. The summed E-state index contributed by atoms with van der Waals surface area (Å²) in [5, 5.41) is 14.6. The van der Waals surface area contributed by atoms with Crippen LogP contribution in [0.5, 0.6) is 0 Å². The number of hydrogen-bond acceptors (Lipinski definition) is 3. The van der Waals surface area contributed by atoms with Crippen LogP contribution in [-0.4, -0.2) is 15.0 Å². The molecule has 0 aliphatic carbocycles. The van der Waals surface area contributed by atoms with Gasteiger partial charge in [0, 0.05) is 16.7 Å². The Morgan fingerprint density at radius 3 is 1.23 bits per heavy atom. The van der Waals surface area contributed by atoms with E-state index < -0.39 is 0 Å². The number of benzene rings is 11. The molecule has 60 heavy (non-hydrogen) atoms. The first kappa shape index (κ1) is 34.1. The van der Waals surface area contributed by atoms with Gasteiger partial charge in [0.15, 0.2) is 17.5 Å². The second-order valence-corrected chi connectivity index (χ2v) is 15.6. The first-order valence-electron chi connectivity index (χ1n) is 20.4. The summed E-state index contributed by atoms with van der Waals surface area (Å²) in [4.78, 5) is 15.8. The molecule has 0 spiro atoms. The highest BCUT2D eigenvalue weighted by atomic mass is 15.0. The lowest BCUT2D eigenvalue weighted by Crippen LogP contribution is -2.01. The van der Waals surface area contributed by atoms with Crippen molar-refractivity contribution in [3.63, 3.8) is 0 Å². The van der Waals surface area contributed by atoms with Gasteiger partial charge in [0.25, 0.3) is 0 Å². The molecule has 0 bridgehead atoms. The molecule has 3 nitrogen and oxygen atoms in total. The summed E-state index contributed by atoms with van der Waals surface area (Å²) >= 11 is 0. The van der Waals surface area contributed by atoms with Crippen LogP contribution in [0.4, 0.5) is 0 Å². The van der Waals surface area contributed by atoms with E-state index >= 15 is 0 Å². The van der Waals surface area contributed by atoms with Crippen molar-refractivity contribution in [2.75, 3.05) is 0 Å². The van der Waals surface area contributed by atoms with Gasteiger partial charge < -0.3 is 0 Å². The normalized spacial score (nSPS) is 11.7. The number of rotatable bonds is 5. The summed E-state index contributed by atoms with van der Waals surface area (Å²) in [6, 6.07) is 76.1. The van der Waals surface area contributed by atoms with Gasteiger partial charge in [-0.05, 0) is 123 Å². The van der Waals surface area contributed by atoms with E-state index in [2.05, 4.69) is 212 Å². The highest BCUT2D eigenvalue weighted by molar-refractivity contribution is 6.33. The number of hydrogen-bond donors (Lipinski definition) is 0. The van der Waals surface area contributed by atoms with Crippen molar-refractivity contribution in [1.82, 2.24) is 15.0 Å². The second-order valence-electron chi connectivity index (χ2n) is 15.6. The van der Waals surface area contributed by atoms with E-state index in [1.165, 1.54) is 53.9 Å². The third-order valence-electron chi connectivity index (χ3n) is 12.0. The number of aromatic nitrogens is 3. The van der Waals surface area contributed by atoms with E-state index in [4.69, 9.17) is 15.0 Å². The monoisotopic (exact) mass is 761 g/mol. The van der Waals surface area contributed by atoms with Crippen LogP contribution in [0.1, 0.15) is 0 Å². The average Bonchev–Trinajstić information content (AvgIpc) is 3.33. The Morgan fingerprint density at radius 2 is 0.633 bits per heavy atom. The Kier molecular flexibility index (Phi) is 7.85. The SMILES string of the molecule is c1ccc(-c2cc(-c3nc(-c4ccc5ccccc5c4)nc(-c4ccc5ccccc5c4)n3)cc(-c3cc4c5ccccc5c5ccccc5c4c4ccccc34)c2)cc1. The maximum atomic E-state index is 5.30. The maximum absolute atomic E-state index is 5.30. The first-order chi connectivity index (χ1) is 29.7. The van der Waals surface area contributed by atoms with Crippen LogP contribution >= 0.6 is 0 Å². The molecule has 11 aromatic carbocycles. The summed E-state index contributed by atoms with van der Waals surface area (Å²) in [5.41, 5.74) is 7.29. The van der Waals surface area contributed by atoms with Crippen LogP contribution in [0, 0.1) is 0 Å². The Bertz CT molecular complexity index is 3570. The molecule has 12 rings (SSSR count). The standard InChI is InChI=1S/C57H35N3/c1-2-14-36(15-3-1)43-32-44(52-35-53-48-22-9-8-20-46(48)47-21-10-12-24-50(47)54(53)51-25-13-11-23-49(51)52)34-45(33-43)57-59-55(41-28-26-37-16-4-6-18-39(37)30-41)58-56(60-57)42-29-27-38-17-5-7-19-40(38)31-42/h1-35H. The van der Waals surface area contributed by atoms with Gasteiger partial charge in [-0.3, -0.25) is 0 Å². The molecule has 0 saturated carbocycles. The summed E-state index contributed by atoms with van der Waals surface area (Å²) in [6.45, 7) is 0. The molecule has 1 aromatic heterocycles. The number of fused-ring (bicyclic) bond motifs is 10. The molecule has 278 valence electrons. The van der Waals surface area contributed by atoms with Crippen LogP contribution in [0.2, 0.25) is 0 Å². The molecule has 0 aliphatic rings. The van der Waals surface area contributed by atoms with Crippen molar-refractivity contribution in [2.24, 2.45) is 0 Å². The Hall–Kier alpha value is -8.01. The van der Waals surface area contributed by atoms with Crippen LogP contribution in [0.25, 0.3) is 121 Å². The lowest BCUT2D eigenvalue weighted by molar-refractivity contribution is 1.08. The number of nitrogens with zero attached hydrogens (tertiary/aromatic N) is 3. The molecule has 0 radical (unpaired) electrons. The first-order valence-corrected chi connectivity index (χ1v) is 20.4. The smallest absolute Gasteiger partial charge is 0.164 e. The zero-order valence-corrected chi connectivity index (χ0v) is 32.5.